The van der Waals surface area contributed by atoms with Gasteiger partial charge in [-0.15, -0.1) is 11.3 Å². The van der Waals surface area contributed by atoms with Gasteiger partial charge in [0.05, 0.1) is 10.6 Å². The summed E-state index contributed by atoms with van der Waals surface area (Å²) in [6.07, 6.45) is 17.5. The van der Waals surface area contributed by atoms with Crippen LogP contribution in [0.25, 0.3) is 6.08 Å². The van der Waals surface area contributed by atoms with Crippen molar-refractivity contribution in [3.8, 4) is 0 Å². The molecule has 0 aliphatic carbocycles. The van der Waals surface area contributed by atoms with E-state index in [2.05, 4.69) is 65.8 Å². The summed E-state index contributed by atoms with van der Waals surface area (Å²) in [5.41, 5.74) is 5.38. The van der Waals surface area contributed by atoms with Crippen molar-refractivity contribution in [2.45, 2.75) is 77.7 Å². The first-order chi connectivity index (χ1) is 17.3. The molecule has 1 aliphatic heterocycles. The van der Waals surface area contributed by atoms with Crippen LogP contribution in [0, 0.1) is 0 Å². The van der Waals surface area contributed by atoms with E-state index in [1.54, 1.807) is 11.3 Å². The molecular weight excluding hydrogens is 448 g/mol. The summed E-state index contributed by atoms with van der Waals surface area (Å²) in [5, 5.41) is 2.08. The van der Waals surface area contributed by atoms with Crippen molar-refractivity contribution in [2.24, 2.45) is 4.99 Å². The lowest BCUT2D eigenvalue weighted by Crippen LogP contribution is -1.94. The molecule has 1 aromatic carbocycles. The lowest BCUT2D eigenvalue weighted by molar-refractivity contribution is 0.208. The average molecular weight is 487 g/mol. The van der Waals surface area contributed by atoms with Crippen LogP contribution in [0.5, 0.6) is 0 Å². The Labute approximate surface area is 214 Å². The molecule has 1 aliphatic rings. The predicted molar refractivity (Wildman–Crippen MR) is 150 cm³/mol. The molecule has 0 bridgehead atoms. The molecule has 35 heavy (non-hydrogen) atoms. The van der Waals surface area contributed by atoms with Gasteiger partial charge in [0.1, 0.15) is 18.1 Å². The number of unbranched alkanes of at least 4 members (excludes halogenated alkanes) is 8. The number of aromatic nitrogens is 1. The molecule has 3 aromatic rings. The number of thiophene rings is 1. The SMILES string of the molecule is CCCCCCCCCCCc1ccc(/C=C2\N=C(c3cccs3)C=C2OCc2ccccc2)[nH]1. The number of hydrogen-bond acceptors (Lipinski definition) is 3. The highest BCUT2D eigenvalue weighted by atomic mass is 32.1. The summed E-state index contributed by atoms with van der Waals surface area (Å²) in [6, 6.07) is 18.8. The monoisotopic (exact) mass is 486 g/mol. The van der Waals surface area contributed by atoms with Gasteiger partial charge >= 0.3 is 0 Å². The average Bonchev–Trinajstić information content (AvgIpc) is 3.64. The zero-order valence-electron chi connectivity index (χ0n) is 21.0. The molecule has 0 radical (unpaired) electrons. The maximum absolute atomic E-state index is 6.21. The van der Waals surface area contributed by atoms with E-state index in [1.807, 2.05) is 18.2 Å². The van der Waals surface area contributed by atoms with Crippen molar-refractivity contribution in [3.05, 3.63) is 99.3 Å². The topological polar surface area (TPSA) is 37.4 Å². The van der Waals surface area contributed by atoms with Crippen molar-refractivity contribution in [1.29, 1.82) is 0 Å². The molecule has 0 saturated heterocycles. The van der Waals surface area contributed by atoms with Crippen molar-refractivity contribution >= 4 is 23.1 Å². The van der Waals surface area contributed by atoms with E-state index in [0.29, 0.717) is 6.61 Å². The van der Waals surface area contributed by atoms with E-state index in [-0.39, 0.29) is 0 Å². The fraction of sp³-hybridized carbons (Fsp3) is 0.387. The van der Waals surface area contributed by atoms with E-state index in [1.165, 1.54) is 63.5 Å². The quantitative estimate of drug-likeness (QED) is 0.214. The standard InChI is InChI=1S/C31H38N2OS/c1-2-3-4-5-6-7-8-9-13-17-26-19-20-27(32-26)22-28-30(34-24-25-15-11-10-12-16-25)23-29(33-28)31-18-14-21-35-31/h10-12,14-16,18-23,32H,2-9,13,17,24H2,1H3/b28-22-. The Balaban J connectivity index is 1.31. The van der Waals surface area contributed by atoms with Crippen LogP contribution in [0.4, 0.5) is 0 Å². The number of benzene rings is 1. The Morgan fingerprint density at radius 1 is 0.857 bits per heavy atom. The van der Waals surface area contributed by atoms with Crippen LogP contribution in [0.15, 0.2) is 82.5 Å². The summed E-state index contributed by atoms with van der Waals surface area (Å²) in [6.45, 7) is 2.81. The van der Waals surface area contributed by atoms with E-state index in [0.717, 1.165) is 39.7 Å². The van der Waals surface area contributed by atoms with E-state index >= 15 is 0 Å². The molecule has 0 saturated carbocycles. The minimum atomic E-state index is 0.534. The van der Waals surface area contributed by atoms with Crippen LogP contribution in [0.1, 0.15) is 86.5 Å². The molecule has 0 fully saturated rings. The van der Waals surface area contributed by atoms with Crippen LogP contribution >= 0.6 is 11.3 Å². The van der Waals surface area contributed by atoms with Crippen LogP contribution < -0.4 is 0 Å². The van der Waals surface area contributed by atoms with Crippen LogP contribution in [-0.4, -0.2) is 10.7 Å². The lowest BCUT2D eigenvalue weighted by atomic mass is 10.1. The number of rotatable bonds is 15. The molecule has 4 heteroatoms. The van der Waals surface area contributed by atoms with E-state index in [4.69, 9.17) is 9.73 Å². The van der Waals surface area contributed by atoms with Gasteiger partial charge in [-0.1, -0.05) is 94.7 Å². The number of aryl methyl sites for hydroxylation is 1. The summed E-state index contributed by atoms with van der Waals surface area (Å²) in [4.78, 5) is 9.64. The maximum atomic E-state index is 6.21. The lowest BCUT2D eigenvalue weighted by Gasteiger charge is -2.08. The normalized spacial score (nSPS) is 14.4. The number of ether oxygens (including phenoxy) is 1. The number of aromatic amines is 1. The van der Waals surface area contributed by atoms with Crippen molar-refractivity contribution in [3.63, 3.8) is 0 Å². The summed E-state index contributed by atoms with van der Waals surface area (Å²) < 4.78 is 6.21. The molecule has 3 heterocycles. The number of H-pyrrole nitrogens is 1. The van der Waals surface area contributed by atoms with Crippen LogP contribution in [-0.2, 0) is 17.8 Å². The van der Waals surface area contributed by atoms with Crippen molar-refractivity contribution in [2.75, 3.05) is 0 Å². The Bertz CT molecular complexity index is 1110. The number of hydrogen-bond donors (Lipinski definition) is 1. The van der Waals surface area contributed by atoms with Gasteiger partial charge in [0, 0.05) is 17.5 Å². The molecule has 0 unspecified atom stereocenters. The first-order valence-electron chi connectivity index (χ1n) is 13.2. The Hall–Kier alpha value is -2.85. The van der Waals surface area contributed by atoms with Gasteiger partial charge in [0.15, 0.2) is 0 Å². The van der Waals surface area contributed by atoms with E-state index < -0.39 is 0 Å². The van der Waals surface area contributed by atoms with Gasteiger partial charge in [-0.25, -0.2) is 4.99 Å². The number of nitrogens with zero attached hydrogens (tertiary/aromatic N) is 1. The van der Waals surface area contributed by atoms with E-state index in [9.17, 15) is 0 Å². The third kappa shape index (κ3) is 8.10. The second-order valence-electron chi connectivity index (χ2n) is 9.30. The molecule has 184 valence electrons. The Morgan fingerprint density at radius 2 is 1.63 bits per heavy atom. The zero-order valence-corrected chi connectivity index (χ0v) is 21.8. The van der Waals surface area contributed by atoms with Gasteiger partial charge in [-0.05, 0) is 48.1 Å². The number of aliphatic imine (C=N–C) groups is 1. The Kier molecular flexibility index (Phi) is 10.0. The summed E-state index contributed by atoms with van der Waals surface area (Å²) >= 11 is 1.70. The van der Waals surface area contributed by atoms with Gasteiger partial charge in [0.25, 0.3) is 0 Å². The highest BCUT2D eigenvalue weighted by molar-refractivity contribution is 7.12. The number of nitrogens with one attached hydrogen (secondary N) is 1. The second-order valence-corrected chi connectivity index (χ2v) is 10.3. The van der Waals surface area contributed by atoms with Gasteiger partial charge in [-0.3, -0.25) is 0 Å². The minimum absolute atomic E-state index is 0.534. The minimum Gasteiger partial charge on any atom is -0.487 e. The smallest absolute Gasteiger partial charge is 0.147 e. The highest BCUT2D eigenvalue weighted by Gasteiger charge is 2.18. The summed E-state index contributed by atoms with van der Waals surface area (Å²) in [7, 11) is 0. The molecule has 0 spiro atoms. The molecule has 0 amide bonds. The highest BCUT2D eigenvalue weighted by Crippen LogP contribution is 2.28. The largest absolute Gasteiger partial charge is 0.487 e. The second kappa shape index (κ2) is 13.9. The third-order valence-electron chi connectivity index (χ3n) is 6.38. The molecule has 4 rings (SSSR count). The molecule has 0 atom stereocenters. The molecule has 3 nitrogen and oxygen atoms in total. The molecular formula is C31H38N2OS. The fourth-order valence-corrected chi connectivity index (χ4v) is 5.07. The van der Waals surface area contributed by atoms with Crippen LogP contribution in [0.2, 0.25) is 0 Å². The first kappa shape index (κ1) is 25.2. The predicted octanol–water partition coefficient (Wildman–Crippen LogP) is 9.09. The maximum Gasteiger partial charge on any atom is 0.147 e. The third-order valence-corrected chi connectivity index (χ3v) is 7.28. The number of allylic oxidation sites excluding steroid dienone is 1. The first-order valence-corrected chi connectivity index (χ1v) is 14.1. The van der Waals surface area contributed by atoms with Gasteiger partial charge < -0.3 is 9.72 Å². The van der Waals surface area contributed by atoms with Crippen LogP contribution in [0.3, 0.4) is 0 Å². The van der Waals surface area contributed by atoms with Gasteiger partial charge in [-0.2, -0.15) is 0 Å². The zero-order chi connectivity index (χ0) is 24.1. The molecule has 2 aromatic heterocycles. The molecule has 1 N–H and O–H groups in total. The summed E-state index contributed by atoms with van der Waals surface area (Å²) in [5.74, 6) is 0.826. The van der Waals surface area contributed by atoms with Crippen molar-refractivity contribution in [1.82, 2.24) is 4.98 Å². The fourth-order valence-electron chi connectivity index (χ4n) is 4.38. The Morgan fingerprint density at radius 3 is 2.37 bits per heavy atom. The van der Waals surface area contributed by atoms with Crippen molar-refractivity contribution < 1.29 is 4.74 Å². The van der Waals surface area contributed by atoms with Gasteiger partial charge in [0.2, 0.25) is 0 Å².